The van der Waals surface area contributed by atoms with Crippen LogP contribution in [-0.4, -0.2) is 41.6 Å². The van der Waals surface area contributed by atoms with Crippen LogP contribution in [0.15, 0.2) is 30.3 Å². The first kappa shape index (κ1) is 19.4. The van der Waals surface area contributed by atoms with E-state index in [1.165, 1.54) is 0 Å². The van der Waals surface area contributed by atoms with Crippen LogP contribution in [0.1, 0.15) is 45.1 Å². The second-order valence-corrected chi connectivity index (χ2v) is 7.55. The Morgan fingerprint density at radius 1 is 1.28 bits per heavy atom. The van der Waals surface area contributed by atoms with E-state index in [0.29, 0.717) is 26.2 Å². The molecule has 2 rings (SSSR count). The molecule has 1 unspecified atom stereocenters. The lowest BCUT2D eigenvalue weighted by molar-refractivity contribution is -0.146. The van der Waals surface area contributed by atoms with Gasteiger partial charge in [-0.1, -0.05) is 30.3 Å². The number of benzene rings is 1. The molecule has 1 atom stereocenters. The van der Waals surface area contributed by atoms with Gasteiger partial charge in [0.1, 0.15) is 0 Å². The van der Waals surface area contributed by atoms with Crippen LogP contribution in [0.4, 0.5) is 0 Å². The minimum absolute atomic E-state index is 0.0978. The molecule has 0 bridgehead atoms. The van der Waals surface area contributed by atoms with Gasteiger partial charge in [0.15, 0.2) is 0 Å². The van der Waals surface area contributed by atoms with Gasteiger partial charge in [-0.3, -0.25) is 9.59 Å². The van der Waals surface area contributed by atoms with Gasteiger partial charge in [-0.25, -0.2) is 0 Å². The molecule has 1 N–H and O–H groups in total. The lowest BCUT2D eigenvalue weighted by Crippen LogP contribution is -2.47. The van der Waals surface area contributed by atoms with Crippen LogP contribution >= 0.6 is 0 Å². The number of hydrogen-bond donors (Lipinski definition) is 1. The number of hydrogen-bond acceptors (Lipinski definition) is 3. The van der Waals surface area contributed by atoms with E-state index in [4.69, 9.17) is 9.84 Å². The number of likely N-dealkylation sites (tertiary alicyclic amines) is 1. The summed E-state index contributed by atoms with van der Waals surface area (Å²) in [5.41, 5.74) is 0.515. The van der Waals surface area contributed by atoms with E-state index in [1.54, 1.807) is 0 Å². The van der Waals surface area contributed by atoms with E-state index < -0.39 is 11.4 Å². The highest BCUT2D eigenvalue weighted by molar-refractivity contribution is 5.82. The largest absolute Gasteiger partial charge is 0.481 e. The van der Waals surface area contributed by atoms with Gasteiger partial charge in [0.25, 0.3) is 0 Å². The fourth-order valence-electron chi connectivity index (χ4n) is 3.30. The normalized spacial score (nSPS) is 18.2. The van der Waals surface area contributed by atoms with E-state index in [2.05, 4.69) is 0 Å². The summed E-state index contributed by atoms with van der Waals surface area (Å²) in [6, 6.07) is 9.92. The molecular weight excluding hydrogens is 318 g/mol. The Morgan fingerprint density at radius 2 is 2.00 bits per heavy atom. The molecule has 1 aromatic carbocycles. The molecule has 0 spiro atoms. The van der Waals surface area contributed by atoms with Crippen LogP contribution in [0.5, 0.6) is 0 Å². The zero-order chi connectivity index (χ0) is 18.3. The quantitative estimate of drug-likeness (QED) is 0.783. The standard InChI is InChI=1S/C20H29NO4/c1-20(2,15-25-14-17-7-4-3-5-8-17)19(24)21-12-6-9-16(13-21)10-11-18(22)23/h3-5,7-8,16H,6,9-15H2,1-2H3,(H,22,23). The summed E-state index contributed by atoms with van der Waals surface area (Å²) in [6.07, 6.45) is 2.76. The van der Waals surface area contributed by atoms with E-state index in [1.807, 2.05) is 49.1 Å². The van der Waals surface area contributed by atoms with E-state index in [9.17, 15) is 9.59 Å². The van der Waals surface area contributed by atoms with Crippen molar-refractivity contribution in [1.82, 2.24) is 4.90 Å². The summed E-state index contributed by atoms with van der Waals surface area (Å²) >= 11 is 0. The third-order valence-electron chi connectivity index (χ3n) is 4.73. The molecule has 1 saturated heterocycles. The molecule has 1 amide bonds. The van der Waals surface area contributed by atoms with E-state index in [-0.39, 0.29) is 18.2 Å². The Balaban J connectivity index is 1.83. The summed E-state index contributed by atoms with van der Waals surface area (Å²) in [4.78, 5) is 25.5. The number of nitrogens with zero attached hydrogens (tertiary/aromatic N) is 1. The highest BCUT2D eigenvalue weighted by atomic mass is 16.5. The van der Waals surface area contributed by atoms with Crippen molar-refractivity contribution in [3.8, 4) is 0 Å². The number of amides is 1. The van der Waals surface area contributed by atoms with Gasteiger partial charge < -0.3 is 14.7 Å². The molecule has 138 valence electrons. The van der Waals surface area contributed by atoms with Crippen LogP contribution in [-0.2, 0) is 20.9 Å². The summed E-state index contributed by atoms with van der Waals surface area (Å²) in [6.45, 7) is 6.12. The van der Waals surface area contributed by atoms with Crippen molar-refractivity contribution in [2.45, 2.75) is 46.1 Å². The monoisotopic (exact) mass is 347 g/mol. The van der Waals surface area contributed by atoms with Gasteiger partial charge in [-0.15, -0.1) is 0 Å². The first-order valence-electron chi connectivity index (χ1n) is 9.01. The Kier molecular flexibility index (Phi) is 7.00. The zero-order valence-electron chi connectivity index (χ0n) is 15.2. The Hall–Kier alpha value is -1.88. The van der Waals surface area contributed by atoms with Crippen molar-refractivity contribution in [2.24, 2.45) is 11.3 Å². The zero-order valence-corrected chi connectivity index (χ0v) is 15.2. The molecular formula is C20H29NO4. The number of piperidine rings is 1. The summed E-state index contributed by atoms with van der Waals surface area (Å²) < 4.78 is 5.78. The third kappa shape index (κ3) is 6.16. The maximum atomic E-state index is 12.9. The molecule has 5 heteroatoms. The minimum atomic E-state index is -0.766. The van der Waals surface area contributed by atoms with Gasteiger partial charge in [0, 0.05) is 19.5 Å². The molecule has 1 fully saturated rings. The minimum Gasteiger partial charge on any atom is -0.481 e. The molecule has 25 heavy (non-hydrogen) atoms. The highest BCUT2D eigenvalue weighted by Gasteiger charge is 2.34. The highest BCUT2D eigenvalue weighted by Crippen LogP contribution is 2.26. The van der Waals surface area contributed by atoms with Gasteiger partial charge in [0.2, 0.25) is 5.91 Å². The molecule has 1 aromatic rings. The number of rotatable bonds is 8. The number of aliphatic carboxylic acids is 1. The molecule has 0 aromatic heterocycles. The third-order valence-corrected chi connectivity index (χ3v) is 4.73. The van der Waals surface area contributed by atoms with Crippen LogP contribution in [0.2, 0.25) is 0 Å². The number of carbonyl (C=O) groups excluding carboxylic acids is 1. The van der Waals surface area contributed by atoms with E-state index in [0.717, 1.165) is 24.9 Å². The van der Waals surface area contributed by atoms with Crippen molar-refractivity contribution in [1.29, 1.82) is 0 Å². The average molecular weight is 347 g/mol. The molecule has 0 saturated carbocycles. The van der Waals surface area contributed by atoms with Crippen LogP contribution in [0.25, 0.3) is 0 Å². The Labute approximate surface area is 150 Å². The molecule has 1 aliphatic rings. The number of carbonyl (C=O) groups is 2. The topological polar surface area (TPSA) is 66.8 Å². The maximum Gasteiger partial charge on any atom is 0.303 e. The Morgan fingerprint density at radius 3 is 2.68 bits per heavy atom. The first-order chi connectivity index (χ1) is 11.9. The fourth-order valence-corrected chi connectivity index (χ4v) is 3.30. The molecule has 1 aliphatic heterocycles. The molecule has 5 nitrogen and oxygen atoms in total. The summed E-state index contributed by atoms with van der Waals surface area (Å²) in [5.74, 6) is -0.381. The van der Waals surface area contributed by atoms with Crippen LogP contribution in [0, 0.1) is 11.3 Å². The fraction of sp³-hybridized carbons (Fsp3) is 0.600. The second kappa shape index (κ2) is 8.99. The lowest BCUT2D eigenvalue weighted by Gasteiger charge is -2.37. The number of carboxylic acids is 1. The lowest BCUT2D eigenvalue weighted by atomic mass is 9.88. The van der Waals surface area contributed by atoms with Crippen LogP contribution < -0.4 is 0 Å². The van der Waals surface area contributed by atoms with Crippen molar-refractivity contribution in [2.75, 3.05) is 19.7 Å². The first-order valence-corrected chi connectivity index (χ1v) is 9.01. The van der Waals surface area contributed by atoms with Gasteiger partial charge in [0.05, 0.1) is 18.6 Å². The maximum absolute atomic E-state index is 12.9. The van der Waals surface area contributed by atoms with E-state index >= 15 is 0 Å². The van der Waals surface area contributed by atoms with Gasteiger partial charge >= 0.3 is 5.97 Å². The average Bonchev–Trinajstić information content (AvgIpc) is 2.60. The number of carboxylic acid groups (broad SMARTS) is 1. The van der Waals surface area contributed by atoms with Gasteiger partial charge in [-0.2, -0.15) is 0 Å². The van der Waals surface area contributed by atoms with Crippen molar-refractivity contribution in [3.63, 3.8) is 0 Å². The summed E-state index contributed by atoms with van der Waals surface area (Å²) in [7, 11) is 0. The van der Waals surface area contributed by atoms with Crippen molar-refractivity contribution >= 4 is 11.9 Å². The van der Waals surface area contributed by atoms with Gasteiger partial charge in [-0.05, 0) is 44.6 Å². The predicted octanol–water partition coefficient (Wildman–Crippen LogP) is 3.33. The smallest absolute Gasteiger partial charge is 0.303 e. The second-order valence-electron chi connectivity index (χ2n) is 7.55. The molecule has 0 aliphatic carbocycles. The molecule has 1 heterocycles. The van der Waals surface area contributed by atoms with Crippen molar-refractivity contribution in [3.05, 3.63) is 35.9 Å². The predicted molar refractivity (Wildman–Crippen MR) is 96.1 cm³/mol. The van der Waals surface area contributed by atoms with Crippen molar-refractivity contribution < 1.29 is 19.4 Å². The summed E-state index contributed by atoms with van der Waals surface area (Å²) in [5, 5.41) is 8.84. The molecule has 0 radical (unpaired) electrons. The van der Waals surface area contributed by atoms with Crippen LogP contribution in [0.3, 0.4) is 0 Å². The Bertz CT molecular complexity index is 570. The number of ether oxygens (including phenoxy) is 1. The SMILES string of the molecule is CC(C)(COCc1ccccc1)C(=O)N1CCCC(CCC(=O)O)C1.